The maximum atomic E-state index is 7.06. The first-order valence-electron chi connectivity index (χ1n) is 18.7. The fourth-order valence-corrected chi connectivity index (χ4v) is 7.93. The van der Waals surface area contributed by atoms with Gasteiger partial charge in [-0.2, -0.15) is 12.1 Å². The molecule has 0 atom stereocenters. The number of anilines is 4. The van der Waals surface area contributed by atoms with Gasteiger partial charge in [-0.05, 0) is 58.3 Å². The SMILES string of the molecule is CC(C)(C)c1ccc2c(c1)c1ccc3[c-]c1n2-c1cc(C(C)(C)c2ccccc2)c(cn1)Oc1ccccc1N1[CH-]N(c2[c-]c(ccc2)O3)c2ccccc21.[Pt]. The normalized spacial score (nSPS) is 13.4. The number of hydrogen-bond donors (Lipinski definition) is 0. The first kappa shape index (κ1) is 35.8. The minimum absolute atomic E-state index is 0. The molecular weight excluding hydrogens is 872 g/mol. The zero-order valence-electron chi connectivity index (χ0n) is 31.8. The molecular formula is C49H39N4O2Pt-3. The van der Waals surface area contributed by atoms with Crippen LogP contribution in [0, 0.1) is 18.8 Å². The van der Waals surface area contributed by atoms with E-state index in [1.165, 1.54) is 11.1 Å². The summed E-state index contributed by atoms with van der Waals surface area (Å²) in [5, 5.41) is 2.21. The summed E-state index contributed by atoms with van der Waals surface area (Å²) in [6.07, 6.45) is 1.88. The molecule has 5 heterocycles. The topological polar surface area (TPSA) is 42.8 Å². The molecule has 8 bridgehead atoms. The second-order valence-electron chi connectivity index (χ2n) is 15.8. The van der Waals surface area contributed by atoms with Gasteiger partial charge in [0.15, 0.2) is 0 Å². The summed E-state index contributed by atoms with van der Waals surface area (Å²) in [6.45, 7) is 13.3. The van der Waals surface area contributed by atoms with E-state index < -0.39 is 5.41 Å². The molecule has 11 rings (SSSR count). The molecule has 7 heteroatoms. The first-order valence-corrected chi connectivity index (χ1v) is 18.7. The van der Waals surface area contributed by atoms with E-state index in [9.17, 15) is 0 Å². The van der Waals surface area contributed by atoms with Crippen LogP contribution in [-0.2, 0) is 31.9 Å². The molecule has 0 saturated heterocycles. The minimum Gasteiger partial charge on any atom is -0.509 e. The number of ether oxygens (including phenoxy) is 2. The molecule has 280 valence electrons. The van der Waals surface area contributed by atoms with Crippen molar-refractivity contribution in [3.63, 3.8) is 0 Å². The Bertz CT molecular complexity index is 2790. The Kier molecular flexibility index (Phi) is 8.59. The summed E-state index contributed by atoms with van der Waals surface area (Å²) in [5.74, 6) is 3.34. The second-order valence-corrected chi connectivity index (χ2v) is 15.8. The third kappa shape index (κ3) is 5.86. The fraction of sp³-hybridized carbons (Fsp3) is 0.143. The summed E-state index contributed by atoms with van der Waals surface area (Å²) >= 11 is 0. The molecule has 0 spiro atoms. The minimum atomic E-state index is -0.456. The number of hydrogen-bond acceptors (Lipinski definition) is 5. The van der Waals surface area contributed by atoms with Gasteiger partial charge in [0, 0.05) is 60.4 Å². The molecule has 0 unspecified atom stereocenters. The van der Waals surface area contributed by atoms with Crippen LogP contribution in [0.15, 0.2) is 140 Å². The van der Waals surface area contributed by atoms with Crippen LogP contribution in [0.25, 0.3) is 27.6 Å². The van der Waals surface area contributed by atoms with Gasteiger partial charge in [0.2, 0.25) is 0 Å². The van der Waals surface area contributed by atoms with Crippen molar-refractivity contribution in [1.82, 2.24) is 9.55 Å². The molecule has 6 nitrogen and oxygen atoms in total. The number of benzene rings is 6. The number of nitrogens with zero attached hydrogens (tertiary/aromatic N) is 4. The van der Waals surface area contributed by atoms with Crippen molar-refractivity contribution in [2.24, 2.45) is 0 Å². The first-order chi connectivity index (χ1) is 26.6. The van der Waals surface area contributed by atoms with Crippen LogP contribution in [0.3, 0.4) is 0 Å². The predicted octanol–water partition coefficient (Wildman–Crippen LogP) is 12.7. The van der Waals surface area contributed by atoms with Gasteiger partial charge >= 0.3 is 0 Å². The van der Waals surface area contributed by atoms with E-state index >= 15 is 0 Å². The van der Waals surface area contributed by atoms with Gasteiger partial charge in [-0.15, -0.1) is 48.1 Å². The summed E-state index contributed by atoms with van der Waals surface area (Å²) in [4.78, 5) is 9.49. The van der Waals surface area contributed by atoms with Crippen molar-refractivity contribution < 1.29 is 30.5 Å². The van der Waals surface area contributed by atoms with Gasteiger partial charge < -0.3 is 23.8 Å². The van der Waals surface area contributed by atoms with E-state index in [-0.39, 0.29) is 26.5 Å². The van der Waals surface area contributed by atoms with Gasteiger partial charge in [0.05, 0.1) is 11.9 Å². The molecule has 6 aromatic carbocycles. The third-order valence-electron chi connectivity index (χ3n) is 11.0. The van der Waals surface area contributed by atoms with Crippen molar-refractivity contribution in [2.45, 2.75) is 45.4 Å². The maximum absolute atomic E-state index is 7.06. The molecule has 0 fully saturated rings. The maximum Gasteiger partial charge on any atom is 0.150 e. The Hall–Kier alpha value is -5.84. The molecule has 3 aliphatic heterocycles. The molecule has 0 saturated carbocycles. The molecule has 0 radical (unpaired) electrons. The van der Waals surface area contributed by atoms with Crippen LogP contribution in [0.2, 0.25) is 0 Å². The van der Waals surface area contributed by atoms with Crippen LogP contribution >= 0.6 is 0 Å². The number of para-hydroxylation sites is 4. The van der Waals surface area contributed by atoms with Crippen molar-refractivity contribution in [3.05, 3.63) is 175 Å². The van der Waals surface area contributed by atoms with Crippen molar-refractivity contribution in [1.29, 1.82) is 0 Å². The molecule has 0 amide bonds. The van der Waals surface area contributed by atoms with E-state index in [1.807, 2.05) is 48.7 Å². The Morgan fingerprint density at radius 1 is 0.589 bits per heavy atom. The van der Waals surface area contributed by atoms with Crippen molar-refractivity contribution >= 4 is 44.6 Å². The van der Waals surface area contributed by atoms with E-state index in [0.717, 1.165) is 55.9 Å². The quantitative estimate of drug-likeness (QED) is 0.162. The van der Waals surface area contributed by atoms with E-state index in [2.05, 4.69) is 159 Å². The molecule has 3 aliphatic rings. The third-order valence-corrected chi connectivity index (χ3v) is 11.0. The van der Waals surface area contributed by atoms with Crippen molar-refractivity contribution in [3.8, 4) is 28.8 Å². The Morgan fingerprint density at radius 3 is 2.09 bits per heavy atom. The fourth-order valence-electron chi connectivity index (χ4n) is 7.93. The van der Waals surface area contributed by atoms with Gasteiger partial charge in [-0.25, -0.2) is 4.98 Å². The zero-order valence-corrected chi connectivity index (χ0v) is 34.1. The number of aromatic nitrogens is 2. The average molecular weight is 911 g/mol. The van der Waals surface area contributed by atoms with Gasteiger partial charge in [-0.1, -0.05) is 107 Å². The molecule has 2 aromatic heterocycles. The predicted molar refractivity (Wildman–Crippen MR) is 222 cm³/mol. The van der Waals surface area contributed by atoms with E-state index in [4.69, 9.17) is 14.5 Å². The number of rotatable bonds is 2. The molecule has 56 heavy (non-hydrogen) atoms. The van der Waals surface area contributed by atoms with Gasteiger partial charge in [0.1, 0.15) is 17.3 Å². The Morgan fingerprint density at radius 2 is 1.30 bits per heavy atom. The van der Waals surface area contributed by atoms with Crippen LogP contribution in [0.4, 0.5) is 22.7 Å². The summed E-state index contributed by atoms with van der Waals surface area (Å²) in [7, 11) is 0. The number of fused-ring (bicyclic) bond motifs is 5. The molecule has 0 N–H and O–H groups in total. The van der Waals surface area contributed by atoms with Crippen molar-refractivity contribution in [2.75, 3.05) is 9.80 Å². The van der Waals surface area contributed by atoms with Gasteiger partial charge in [-0.3, -0.25) is 0 Å². The van der Waals surface area contributed by atoms with Gasteiger partial charge in [0.25, 0.3) is 0 Å². The van der Waals surface area contributed by atoms with Crippen LogP contribution in [0.1, 0.15) is 51.3 Å². The zero-order chi connectivity index (χ0) is 37.5. The van der Waals surface area contributed by atoms with E-state index in [1.54, 1.807) is 0 Å². The molecule has 8 aromatic rings. The summed E-state index contributed by atoms with van der Waals surface area (Å²) < 4.78 is 15.9. The monoisotopic (exact) mass is 910 g/mol. The van der Waals surface area contributed by atoms with Crippen LogP contribution in [0.5, 0.6) is 23.0 Å². The largest absolute Gasteiger partial charge is 0.509 e. The van der Waals surface area contributed by atoms with E-state index in [0.29, 0.717) is 23.0 Å². The smallest absolute Gasteiger partial charge is 0.150 e. The average Bonchev–Trinajstić information content (AvgIpc) is 3.74. The Labute approximate surface area is 342 Å². The standard InChI is InChI=1S/C49H39N4O2.Pt/c1-48(2,3)33-22-25-40-38(26-33)37-24-23-36-28-44(37)53(40)47-29-39(49(4,5)32-14-7-6-8-15-32)46(30-50-47)55-45-21-12-11-20-43(45)52-31-51(41-18-9-10-19-42(41)52)34-16-13-17-35(27-34)54-36;/h6-26,29-31H,1-5H3;/q-3;. The van der Waals surface area contributed by atoms with Crippen LogP contribution < -0.4 is 19.3 Å². The number of pyridine rings is 1. The molecule has 0 aliphatic carbocycles. The Balaban J connectivity index is 0.00000410. The summed E-state index contributed by atoms with van der Waals surface area (Å²) in [5.41, 5.74) is 8.66. The second kappa shape index (κ2) is 13.4. The summed E-state index contributed by atoms with van der Waals surface area (Å²) in [6, 6.07) is 53.4. The van der Waals surface area contributed by atoms with Crippen LogP contribution in [-0.4, -0.2) is 9.55 Å².